The first-order valence-corrected chi connectivity index (χ1v) is 8.12. The maximum atomic E-state index is 12.2. The molecule has 28 heavy (non-hydrogen) atoms. The second-order valence-electron chi connectivity index (χ2n) is 5.76. The van der Waals surface area contributed by atoms with Gasteiger partial charge in [0.1, 0.15) is 18.0 Å². The molecule has 0 fully saturated rings. The molecule has 2 N–H and O–H groups in total. The second kappa shape index (κ2) is 7.78. The lowest BCUT2D eigenvalue weighted by molar-refractivity contribution is -0.121. The maximum absolute atomic E-state index is 12.2. The first-order valence-electron chi connectivity index (χ1n) is 8.12. The molecule has 0 bridgehead atoms. The van der Waals surface area contributed by atoms with Gasteiger partial charge < -0.3 is 14.0 Å². The molecule has 146 valence electrons. The van der Waals surface area contributed by atoms with Crippen LogP contribution in [-0.2, 0) is 18.4 Å². The van der Waals surface area contributed by atoms with Gasteiger partial charge in [-0.15, -0.1) is 0 Å². The zero-order valence-corrected chi connectivity index (χ0v) is 15.4. The number of hydrogen-bond donors (Lipinski definition) is 2. The topological polar surface area (TPSA) is 133 Å². The van der Waals surface area contributed by atoms with E-state index in [1.165, 1.54) is 35.8 Å². The van der Waals surface area contributed by atoms with Crippen molar-refractivity contribution in [3.63, 3.8) is 0 Å². The van der Waals surface area contributed by atoms with Gasteiger partial charge >= 0.3 is 5.69 Å². The number of methoxy groups -OCH3 is 2. The van der Waals surface area contributed by atoms with Crippen LogP contribution in [0.5, 0.6) is 11.5 Å². The first kappa shape index (κ1) is 18.9. The summed E-state index contributed by atoms with van der Waals surface area (Å²) in [5, 5.41) is 3.90. The number of ether oxygens (including phenoxy) is 2. The third-order valence-electron chi connectivity index (χ3n) is 4.02. The Labute approximate surface area is 158 Å². The van der Waals surface area contributed by atoms with E-state index >= 15 is 0 Å². The Bertz CT molecular complexity index is 1170. The number of hydrazone groups is 1. The van der Waals surface area contributed by atoms with Gasteiger partial charge in [0, 0.05) is 18.7 Å². The summed E-state index contributed by atoms with van der Waals surface area (Å²) in [6.45, 7) is -0.200. The number of nitrogens with one attached hydrogen (secondary N) is 2. The summed E-state index contributed by atoms with van der Waals surface area (Å²) in [5.74, 6) is 0.686. The van der Waals surface area contributed by atoms with Gasteiger partial charge in [0.05, 0.1) is 26.8 Å². The van der Waals surface area contributed by atoms with Crippen molar-refractivity contribution in [2.75, 3.05) is 14.2 Å². The Morgan fingerprint density at radius 1 is 1.32 bits per heavy atom. The minimum absolute atomic E-state index is 0.123. The summed E-state index contributed by atoms with van der Waals surface area (Å²) in [5.41, 5.74) is 2.13. The molecule has 11 nitrogen and oxygen atoms in total. The van der Waals surface area contributed by atoms with Crippen LogP contribution in [0.15, 0.2) is 39.2 Å². The van der Waals surface area contributed by atoms with E-state index < -0.39 is 17.2 Å². The largest absolute Gasteiger partial charge is 0.497 e. The van der Waals surface area contributed by atoms with Gasteiger partial charge in [0.2, 0.25) is 0 Å². The normalized spacial score (nSPS) is 11.1. The van der Waals surface area contributed by atoms with Crippen molar-refractivity contribution in [2.24, 2.45) is 12.1 Å². The van der Waals surface area contributed by atoms with Crippen molar-refractivity contribution < 1.29 is 14.3 Å². The molecular formula is C17H18N6O5. The highest BCUT2D eigenvalue weighted by Gasteiger charge is 2.13. The van der Waals surface area contributed by atoms with Crippen LogP contribution in [0.1, 0.15) is 5.56 Å². The number of carbonyl (C=O) groups excluding carboxylic acids is 1. The smallest absolute Gasteiger partial charge is 0.329 e. The number of amides is 1. The van der Waals surface area contributed by atoms with Crippen LogP contribution >= 0.6 is 0 Å². The van der Waals surface area contributed by atoms with Crippen LogP contribution in [0, 0.1) is 0 Å². The molecule has 2 heterocycles. The molecule has 0 atom stereocenters. The standard InChI is InChI=1S/C17H18N6O5/c1-22-15-14(16(25)20-17(22)26)23(9-18-15)8-13(24)21-19-7-10-4-5-11(27-2)6-12(10)28-3/h4-7,9H,8H2,1-3H3,(H,21,24)(H,20,25,26). The summed E-state index contributed by atoms with van der Waals surface area (Å²) < 4.78 is 12.9. The summed E-state index contributed by atoms with van der Waals surface area (Å²) in [6, 6.07) is 5.16. The average molecular weight is 386 g/mol. The molecule has 0 aliphatic heterocycles. The van der Waals surface area contributed by atoms with Gasteiger partial charge in [0.15, 0.2) is 11.2 Å². The van der Waals surface area contributed by atoms with Gasteiger partial charge in [0.25, 0.3) is 11.5 Å². The Kier molecular flexibility index (Phi) is 5.25. The molecule has 0 saturated carbocycles. The number of hydrogen-bond acceptors (Lipinski definition) is 7. The Morgan fingerprint density at radius 2 is 2.11 bits per heavy atom. The Morgan fingerprint density at radius 3 is 2.82 bits per heavy atom. The molecule has 0 saturated heterocycles. The van der Waals surface area contributed by atoms with Crippen molar-refractivity contribution in [1.29, 1.82) is 0 Å². The van der Waals surface area contributed by atoms with E-state index in [9.17, 15) is 14.4 Å². The Hall–Kier alpha value is -3.89. The van der Waals surface area contributed by atoms with E-state index in [-0.39, 0.29) is 17.7 Å². The predicted octanol–water partition coefficient (Wildman–Crippen LogP) is -0.409. The first-order chi connectivity index (χ1) is 13.4. The summed E-state index contributed by atoms with van der Waals surface area (Å²) in [7, 11) is 4.54. The number of imidazole rings is 1. The number of aromatic nitrogens is 4. The number of carbonyl (C=O) groups is 1. The van der Waals surface area contributed by atoms with E-state index in [2.05, 4.69) is 20.5 Å². The maximum Gasteiger partial charge on any atom is 0.329 e. The van der Waals surface area contributed by atoms with E-state index in [1.807, 2.05) is 0 Å². The molecule has 3 aromatic rings. The highest BCUT2D eigenvalue weighted by atomic mass is 16.5. The van der Waals surface area contributed by atoms with Crippen LogP contribution in [0.2, 0.25) is 0 Å². The van der Waals surface area contributed by atoms with Gasteiger partial charge in [-0.25, -0.2) is 15.2 Å². The molecule has 0 spiro atoms. The molecule has 11 heteroatoms. The fourth-order valence-corrected chi connectivity index (χ4v) is 2.59. The molecule has 2 aromatic heterocycles. The summed E-state index contributed by atoms with van der Waals surface area (Å²) in [4.78, 5) is 42.0. The minimum Gasteiger partial charge on any atom is -0.497 e. The lowest BCUT2D eigenvalue weighted by atomic mass is 10.2. The molecule has 0 unspecified atom stereocenters. The van der Waals surface area contributed by atoms with E-state index in [1.54, 1.807) is 25.3 Å². The molecule has 3 rings (SSSR count). The number of rotatable bonds is 6. The molecular weight excluding hydrogens is 368 g/mol. The summed E-state index contributed by atoms with van der Waals surface area (Å²) >= 11 is 0. The molecule has 1 aromatic carbocycles. The van der Waals surface area contributed by atoms with Crippen LogP contribution in [-0.4, -0.2) is 45.4 Å². The van der Waals surface area contributed by atoms with Crippen LogP contribution < -0.4 is 26.1 Å². The zero-order valence-electron chi connectivity index (χ0n) is 15.4. The van der Waals surface area contributed by atoms with E-state index in [0.717, 1.165) is 0 Å². The number of H-pyrrole nitrogens is 1. The number of nitrogens with zero attached hydrogens (tertiary/aromatic N) is 4. The van der Waals surface area contributed by atoms with E-state index in [4.69, 9.17) is 9.47 Å². The van der Waals surface area contributed by atoms with Crippen LogP contribution in [0.25, 0.3) is 11.2 Å². The third kappa shape index (κ3) is 3.63. The van der Waals surface area contributed by atoms with Gasteiger partial charge in [-0.1, -0.05) is 0 Å². The average Bonchev–Trinajstić information content (AvgIpc) is 3.10. The van der Waals surface area contributed by atoms with Crippen molar-refractivity contribution in [1.82, 2.24) is 24.5 Å². The fourth-order valence-electron chi connectivity index (χ4n) is 2.59. The Balaban J connectivity index is 1.74. The quantitative estimate of drug-likeness (QED) is 0.437. The van der Waals surface area contributed by atoms with E-state index in [0.29, 0.717) is 17.1 Å². The van der Waals surface area contributed by atoms with Crippen molar-refractivity contribution >= 4 is 23.3 Å². The highest BCUT2D eigenvalue weighted by molar-refractivity contribution is 5.86. The van der Waals surface area contributed by atoms with Crippen molar-refractivity contribution in [3.05, 3.63) is 50.9 Å². The lowest BCUT2D eigenvalue weighted by Crippen LogP contribution is -2.30. The third-order valence-corrected chi connectivity index (χ3v) is 4.02. The number of aromatic amines is 1. The summed E-state index contributed by atoms with van der Waals surface area (Å²) in [6.07, 6.45) is 2.74. The number of benzene rings is 1. The molecule has 0 radical (unpaired) electrons. The minimum atomic E-state index is -0.616. The second-order valence-corrected chi connectivity index (χ2v) is 5.76. The molecule has 0 aliphatic rings. The number of aryl methyl sites for hydroxylation is 1. The SMILES string of the molecule is COc1ccc(C=NNC(=O)Cn2cnc3c2c(=O)[nH]c(=O)n3C)c(OC)c1. The van der Waals surface area contributed by atoms with Gasteiger partial charge in [-0.05, 0) is 12.1 Å². The highest BCUT2D eigenvalue weighted by Crippen LogP contribution is 2.22. The number of fused-ring (bicyclic) bond motifs is 1. The van der Waals surface area contributed by atoms with Gasteiger partial charge in [-0.3, -0.25) is 19.1 Å². The van der Waals surface area contributed by atoms with Gasteiger partial charge in [-0.2, -0.15) is 5.10 Å². The van der Waals surface area contributed by atoms with Crippen molar-refractivity contribution in [3.8, 4) is 11.5 Å². The van der Waals surface area contributed by atoms with Crippen LogP contribution in [0.4, 0.5) is 0 Å². The monoisotopic (exact) mass is 386 g/mol. The van der Waals surface area contributed by atoms with Crippen molar-refractivity contribution in [2.45, 2.75) is 6.54 Å². The molecule has 0 aliphatic carbocycles. The lowest BCUT2D eigenvalue weighted by Gasteiger charge is -2.07. The predicted molar refractivity (Wildman–Crippen MR) is 101 cm³/mol. The molecule has 1 amide bonds. The van der Waals surface area contributed by atoms with Crippen LogP contribution in [0.3, 0.4) is 0 Å². The zero-order chi connectivity index (χ0) is 20.3. The fraction of sp³-hybridized carbons (Fsp3) is 0.235.